The van der Waals surface area contributed by atoms with E-state index in [0.29, 0.717) is 23.8 Å². The first-order valence-electron chi connectivity index (χ1n) is 12.1. The standard InChI is InChI=1S/C26H33FN2O2S/c27-26-17-21-15-22(18-29-12-5-13-29)24(14-19-6-2-1-3-7-19)25(21)16-20(26)10-11-28-32(30,31)23-8-4-9-23/h1-3,6-7,16-17,22-24,28H,4-5,8-15,18H2. The Morgan fingerprint density at radius 2 is 1.84 bits per heavy atom. The van der Waals surface area contributed by atoms with Crippen LogP contribution < -0.4 is 4.72 Å². The number of nitrogens with one attached hydrogen (secondary N) is 1. The van der Waals surface area contributed by atoms with Crippen molar-refractivity contribution in [2.75, 3.05) is 26.2 Å². The van der Waals surface area contributed by atoms with E-state index in [-0.39, 0.29) is 17.6 Å². The molecule has 2 aliphatic carbocycles. The average Bonchev–Trinajstić information content (AvgIpc) is 3.00. The molecule has 0 bridgehead atoms. The Bertz CT molecular complexity index is 1050. The Kier molecular flexibility index (Phi) is 6.37. The van der Waals surface area contributed by atoms with Crippen LogP contribution in [0, 0.1) is 11.7 Å². The monoisotopic (exact) mass is 456 g/mol. The van der Waals surface area contributed by atoms with E-state index in [4.69, 9.17) is 0 Å². The molecule has 6 heteroatoms. The van der Waals surface area contributed by atoms with Crippen molar-refractivity contribution in [3.05, 3.63) is 70.5 Å². The number of halogens is 1. The fourth-order valence-corrected chi connectivity index (χ4v) is 7.01. The second-order valence-corrected chi connectivity index (χ2v) is 11.8. The Morgan fingerprint density at radius 3 is 2.50 bits per heavy atom. The van der Waals surface area contributed by atoms with Gasteiger partial charge in [-0.15, -0.1) is 0 Å². The predicted molar refractivity (Wildman–Crippen MR) is 126 cm³/mol. The lowest BCUT2D eigenvalue weighted by atomic mass is 9.85. The first-order chi connectivity index (χ1) is 15.5. The highest BCUT2D eigenvalue weighted by Gasteiger charge is 2.35. The summed E-state index contributed by atoms with van der Waals surface area (Å²) in [7, 11) is -3.27. The second-order valence-electron chi connectivity index (χ2n) is 9.80. The van der Waals surface area contributed by atoms with E-state index in [1.807, 2.05) is 12.1 Å². The van der Waals surface area contributed by atoms with Crippen LogP contribution in [-0.4, -0.2) is 44.7 Å². The van der Waals surface area contributed by atoms with Gasteiger partial charge in [0.1, 0.15) is 5.82 Å². The normalized spacial score (nSPS) is 23.5. The highest BCUT2D eigenvalue weighted by atomic mass is 32.2. The summed E-state index contributed by atoms with van der Waals surface area (Å²) in [5.74, 6) is 0.672. The lowest BCUT2D eigenvalue weighted by Crippen LogP contribution is -2.41. The number of sulfonamides is 1. The molecule has 1 heterocycles. The molecule has 5 rings (SSSR count). The molecule has 2 fully saturated rings. The van der Waals surface area contributed by atoms with Gasteiger partial charge in [0.2, 0.25) is 10.0 Å². The van der Waals surface area contributed by atoms with Gasteiger partial charge in [0.25, 0.3) is 0 Å². The molecule has 1 saturated carbocycles. The largest absolute Gasteiger partial charge is 0.303 e. The van der Waals surface area contributed by atoms with Crippen LogP contribution in [0.25, 0.3) is 0 Å². The van der Waals surface area contributed by atoms with Gasteiger partial charge >= 0.3 is 0 Å². The second kappa shape index (κ2) is 9.24. The summed E-state index contributed by atoms with van der Waals surface area (Å²) in [6, 6.07) is 14.3. The van der Waals surface area contributed by atoms with Gasteiger partial charge in [0.15, 0.2) is 0 Å². The summed E-state index contributed by atoms with van der Waals surface area (Å²) in [6.07, 6.45) is 6.01. The molecule has 2 unspecified atom stereocenters. The molecule has 32 heavy (non-hydrogen) atoms. The average molecular weight is 457 g/mol. The van der Waals surface area contributed by atoms with Crippen LogP contribution in [0.3, 0.4) is 0 Å². The van der Waals surface area contributed by atoms with E-state index in [2.05, 4.69) is 33.9 Å². The van der Waals surface area contributed by atoms with Crippen LogP contribution >= 0.6 is 0 Å². The third-order valence-corrected chi connectivity index (χ3v) is 9.64. The minimum absolute atomic E-state index is 0.199. The van der Waals surface area contributed by atoms with E-state index in [0.717, 1.165) is 44.2 Å². The maximum Gasteiger partial charge on any atom is 0.214 e. The van der Waals surface area contributed by atoms with Gasteiger partial charge < -0.3 is 4.90 Å². The molecule has 2 aromatic rings. The predicted octanol–water partition coefficient (Wildman–Crippen LogP) is 4.04. The van der Waals surface area contributed by atoms with Gasteiger partial charge in [-0.2, -0.15) is 0 Å². The highest BCUT2D eigenvalue weighted by molar-refractivity contribution is 7.90. The summed E-state index contributed by atoms with van der Waals surface area (Å²) < 4.78 is 42.2. The van der Waals surface area contributed by atoms with Gasteiger partial charge in [0.05, 0.1) is 5.25 Å². The molecule has 4 nitrogen and oxygen atoms in total. The molecular weight excluding hydrogens is 423 g/mol. The summed E-state index contributed by atoms with van der Waals surface area (Å²) in [5, 5.41) is -0.259. The van der Waals surface area contributed by atoms with E-state index in [1.54, 1.807) is 6.07 Å². The molecule has 1 N–H and O–H groups in total. The van der Waals surface area contributed by atoms with Crippen molar-refractivity contribution < 1.29 is 12.8 Å². The Hall–Kier alpha value is -1.76. The Morgan fingerprint density at radius 1 is 1.06 bits per heavy atom. The van der Waals surface area contributed by atoms with Gasteiger partial charge in [-0.3, -0.25) is 0 Å². The maximum absolute atomic E-state index is 14.9. The van der Waals surface area contributed by atoms with Crippen LogP contribution in [0.1, 0.15) is 53.9 Å². The topological polar surface area (TPSA) is 49.4 Å². The summed E-state index contributed by atoms with van der Waals surface area (Å²) in [6.45, 7) is 3.68. The number of likely N-dealkylation sites (tertiary alicyclic amines) is 1. The first kappa shape index (κ1) is 22.1. The smallest absolute Gasteiger partial charge is 0.214 e. The summed E-state index contributed by atoms with van der Waals surface area (Å²) in [4.78, 5) is 2.51. The molecule has 0 radical (unpaired) electrons. The zero-order valence-corrected chi connectivity index (χ0v) is 19.4. The molecular formula is C26H33FN2O2S. The fourth-order valence-electron chi connectivity index (χ4n) is 5.43. The Labute approximate surface area is 191 Å². The van der Waals surface area contributed by atoms with Crippen LogP contribution in [0.15, 0.2) is 42.5 Å². The van der Waals surface area contributed by atoms with Gasteiger partial charge in [-0.1, -0.05) is 42.8 Å². The lowest BCUT2D eigenvalue weighted by molar-refractivity contribution is 0.145. The van der Waals surface area contributed by atoms with Crippen LogP contribution in [0.2, 0.25) is 0 Å². The SMILES string of the molecule is O=S(=O)(NCCc1cc2c(cc1F)CC(CN1CCC1)C2Cc1ccccc1)C1CCC1. The third kappa shape index (κ3) is 4.63. The number of nitrogens with zero attached hydrogens (tertiary/aromatic N) is 1. The van der Waals surface area contributed by atoms with E-state index in [1.165, 1.54) is 30.6 Å². The number of benzene rings is 2. The molecule has 1 saturated heterocycles. The zero-order chi connectivity index (χ0) is 22.1. The van der Waals surface area contributed by atoms with Crippen LogP contribution in [0.4, 0.5) is 4.39 Å². The molecule has 2 aromatic carbocycles. The molecule has 172 valence electrons. The zero-order valence-electron chi connectivity index (χ0n) is 18.6. The van der Waals surface area contributed by atoms with Gasteiger partial charge in [-0.25, -0.2) is 17.5 Å². The Balaban J connectivity index is 1.33. The van der Waals surface area contributed by atoms with Crippen molar-refractivity contribution in [1.29, 1.82) is 0 Å². The molecule has 0 spiro atoms. The van der Waals surface area contributed by atoms with Crippen molar-refractivity contribution in [2.45, 2.75) is 56.1 Å². The first-order valence-corrected chi connectivity index (χ1v) is 13.6. The molecule has 0 amide bonds. The van der Waals surface area contributed by atoms with Crippen molar-refractivity contribution in [3.63, 3.8) is 0 Å². The van der Waals surface area contributed by atoms with Crippen molar-refractivity contribution in [2.24, 2.45) is 5.92 Å². The van der Waals surface area contributed by atoms with E-state index in [9.17, 15) is 12.8 Å². The minimum Gasteiger partial charge on any atom is -0.303 e. The van der Waals surface area contributed by atoms with E-state index >= 15 is 0 Å². The fraction of sp³-hybridized carbons (Fsp3) is 0.538. The van der Waals surface area contributed by atoms with Crippen molar-refractivity contribution >= 4 is 10.0 Å². The lowest BCUT2D eigenvalue weighted by Gasteiger charge is -2.35. The van der Waals surface area contributed by atoms with Crippen LogP contribution in [0.5, 0.6) is 0 Å². The molecule has 0 aromatic heterocycles. The number of hydrogen-bond acceptors (Lipinski definition) is 3. The van der Waals surface area contributed by atoms with Crippen molar-refractivity contribution in [3.8, 4) is 0 Å². The third-order valence-electron chi connectivity index (χ3n) is 7.69. The van der Waals surface area contributed by atoms with Gasteiger partial charge in [0, 0.05) is 13.1 Å². The molecule has 3 aliphatic rings. The van der Waals surface area contributed by atoms with Crippen molar-refractivity contribution in [1.82, 2.24) is 9.62 Å². The quantitative estimate of drug-likeness (QED) is 0.620. The number of rotatable bonds is 9. The summed E-state index contributed by atoms with van der Waals surface area (Å²) in [5.41, 5.74) is 4.34. The number of hydrogen-bond donors (Lipinski definition) is 1. The molecule has 1 aliphatic heterocycles. The maximum atomic E-state index is 14.9. The highest BCUT2D eigenvalue weighted by Crippen LogP contribution is 2.42. The molecule has 2 atom stereocenters. The van der Waals surface area contributed by atoms with Crippen LogP contribution in [-0.2, 0) is 29.3 Å². The minimum atomic E-state index is -3.27. The van der Waals surface area contributed by atoms with E-state index < -0.39 is 10.0 Å². The number of fused-ring (bicyclic) bond motifs is 1. The van der Waals surface area contributed by atoms with Gasteiger partial charge in [-0.05, 0) is 91.8 Å². The summed E-state index contributed by atoms with van der Waals surface area (Å²) >= 11 is 0.